The van der Waals surface area contributed by atoms with E-state index in [4.69, 9.17) is 0 Å². The van der Waals surface area contributed by atoms with E-state index in [0.717, 1.165) is 12.8 Å². The van der Waals surface area contributed by atoms with Gasteiger partial charge in [-0.15, -0.1) is 4.72 Å². The molecule has 0 saturated heterocycles. The van der Waals surface area contributed by atoms with Gasteiger partial charge in [-0.1, -0.05) is 0 Å². The van der Waals surface area contributed by atoms with E-state index in [1.165, 1.54) is 6.92 Å². The highest BCUT2D eigenvalue weighted by molar-refractivity contribution is 7.89. The van der Waals surface area contributed by atoms with E-state index in [9.17, 15) is 13.2 Å². The number of hydrogen-bond donors (Lipinski definition) is 0. The summed E-state index contributed by atoms with van der Waals surface area (Å²) in [5.41, 5.74) is 0. The molecule has 1 rings (SSSR count). The van der Waals surface area contributed by atoms with Crippen molar-refractivity contribution in [2.75, 3.05) is 5.75 Å². The van der Waals surface area contributed by atoms with Crippen LogP contribution in [0.3, 0.4) is 0 Å². The lowest BCUT2D eigenvalue weighted by atomic mass is 10.4. The molecule has 11 heavy (non-hydrogen) atoms. The van der Waals surface area contributed by atoms with Gasteiger partial charge in [0.2, 0.25) is 0 Å². The monoisotopic (exact) mass is 176 g/mol. The van der Waals surface area contributed by atoms with Gasteiger partial charge in [0, 0.05) is 5.92 Å². The summed E-state index contributed by atoms with van der Waals surface area (Å²) in [6.07, 6.45) is 1.59. The Hall–Kier alpha value is -0.580. The molecule has 0 aromatic heterocycles. The fourth-order valence-corrected chi connectivity index (χ4v) is 1.16. The van der Waals surface area contributed by atoms with Crippen molar-refractivity contribution in [1.82, 2.24) is 4.72 Å². The van der Waals surface area contributed by atoms with Gasteiger partial charge in [0.05, 0.1) is 5.75 Å². The Balaban J connectivity index is 2.47. The van der Waals surface area contributed by atoms with Crippen LogP contribution in [0, 0.1) is 5.92 Å². The second kappa shape index (κ2) is 2.81. The fourth-order valence-electron chi connectivity index (χ4n) is 0.606. The molecule has 1 saturated carbocycles. The van der Waals surface area contributed by atoms with Crippen LogP contribution in [-0.4, -0.2) is 20.1 Å². The largest absolute Gasteiger partial charge is 0.272 e. The van der Waals surface area contributed by atoms with Gasteiger partial charge in [-0.25, -0.2) is 8.42 Å². The van der Waals surface area contributed by atoms with E-state index in [1.807, 2.05) is 0 Å². The predicted octanol–water partition coefficient (Wildman–Crippen LogP) is -0.123. The minimum atomic E-state index is -3.45. The Morgan fingerprint density at radius 3 is 2.45 bits per heavy atom. The lowest BCUT2D eigenvalue weighted by molar-refractivity contribution is -0.120. The van der Waals surface area contributed by atoms with E-state index < -0.39 is 15.9 Å². The first-order chi connectivity index (χ1) is 5.05. The number of carbonyl (C=O) groups excluding carboxylic acids is 1. The molecule has 0 N–H and O–H groups in total. The molecular formula is C6H10NO3S. The molecule has 4 nitrogen and oxygen atoms in total. The zero-order valence-electron chi connectivity index (χ0n) is 6.28. The zero-order valence-corrected chi connectivity index (χ0v) is 7.10. The van der Waals surface area contributed by atoms with Gasteiger partial charge in [-0.2, -0.15) is 0 Å². The molecule has 1 radical (unpaired) electrons. The van der Waals surface area contributed by atoms with Gasteiger partial charge < -0.3 is 0 Å². The van der Waals surface area contributed by atoms with Crippen molar-refractivity contribution in [3.05, 3.63) is 0 Å². The summed E-state index contributed by atoms with van der Waals surface area (Å²) in [4.78, 5) is 10.8. The second-order valence-corrected chi connectivity index (χ2v) is 4.50. The third-order valence-electron chi connectivity index (χ3n) is 1.52. The molecule has 0 aromatic rings. The molecule has 0 heterocycles. The summed E-state index contributed by atoms with van der Waals surface area (Å²) in [6, 6.07) is 0. The molecule has 0 unspecified atom stereocenters. The number of nitrogens with zero attached hydrogens (tertiary/aromatic N) is 1. The molecule has 63 valence electrons. The first-order valence-corrected chi connectivity index (χ1v) is 5.15. The topological polar surface area (TPSA) is 65.3 Å². The minimum absolute atomic E-state index is 0.0918. The van der Waals surface area contributed by atoms with E-state index in [-0.39, 0.29) is 11.7 Å². The fraction of sp³-hybridized carbons (Fsp3) is 0.833. The van der Waals surface area contributed by atoms with Crippen LogP contribution in [0.2, 0.25) is 0 Å². The molecule has 0 bridgehead atoms. The van der Waals surface area contributed by atoms with E-state index in [1.54, 1.807) is 0 Å². The Morgan fingerprint density at radius 2 is 2.09 bits per heavy atom. The maximum absolute atomic E-state index is 10.8. The first-order valence-electron chi connectivity index (χ1n) is 3.54. The summed E-state index contributed by atoms with van der Waals surface area (Å²) >= 11 is 0. The van der Waals surface area contributed by atoms with E-state index >= 15 is 0 Å². The van der Waals surface area contributed by atoms with Crippen molar-refractivity contribution in [1.29, 1.82) is 0 Å². The smallest absolute Gasteiger partial charge is 0.259 e. The molecule has 0 spiro atoms. The SMILES string of the molecule is CCS(=O)(=O)[N]C(=O)C1CC1. The Bertz CT molecular complexity index is 253. The van der Waals surface area contributed by atoms with E-state index in [0.29, 0.717) is 0 Å². The minimum Gasteiger partial charge on any atom is -0.272 e. The number of hydrogen-bond acceptors (Lipinski definition) is 3. The van der Waals surface area contributed by atoms with Crippen molar-refractivity contribution in [2.24, 2.45) is 5.92 Å². The summed E-state index contributed by atoms with van der Waals surface area (Å²) in [6.45, 7) is 1.47. The van der Waals surface area contributed by atoms with E-state index in [2.05, 4.69) is 4.72 Å². The molecule has 0 atom stereocenters. The van der Waals surface area contributed by atoms with Crippen molar-refractivity contribution in [3.63, 3.8) is 0 Å². The van der Waals surface area contributed by atoms with Gasteiger partial charge in [0.25, 0.3) is 15.9 Å². The first kappa shape index (κ1) is 8.52. The summed E-state index contributed by atoms with van der Waals surface area (Å²) < 4.78 is 24.6. The third kappa shape index (κ3) is 2.49. The average Bonchev–Trinajstić information content (AvgIpc) is 2.67. The van der Waals surface area contributed by atoms with Crippen LogP contribution in [-0.2, 0) is 14.8 Å². The zero-order chi connectivity index (χ0) is 8.48. The van der Waals surface area contributed by atoms with Crippen LogP contribution in [0.15, 0.2) is 0 Å². The molecule has 5 heteroatoms. The Morgan fingerprint density at radius 1 is 1.55 bits per heavy atom. The molecule has 1 amide bonds. The predicted molar refractivity (Wildman–Crippen MR) is 39.3 cm³/mol. The standard InChI is InChI=1S/C6H10NO3S/c1-2-11(9,10)7-6(8)5-3-4-5/h5H,2-4H2,1H3. The van der Waals surface area contributed by atoms with Gasteiger partial charge in [0.15, 0.2) is 0 Å². The van der Waals surface area contributed by atoms with Crippen molar-refractivity contribution in [3.8, 4) is 0 Å². The summed E-state index contributed by atoms with van der Waals surface area (Å²) in [5.74, 6) is -0.658. The van der Waals surface area contributed by atoms with Gasteiger partial charge in [0.1, 0.15) is 0 Å². The van der Waals surface area contributed by atoms with Gasteiger partial charge in [-0.05, 0) is 19.8 Å². The third-order valence-corrected chi connectivity index (χ3v) is 2.71. The molecule has 0 aromatic carbocycles. The number of sulfonamides is 1. The summed E-state index contributed by atoms with van der Waals surface area (Å²) in [7, 11) is -3.45. The highest BCUT2D eigenvalue weighted by atomic mass is 32.2. The van der Waals surface area contributed by atoms with Crippen LogP contribution in [0.4, 0.5) is 0 Å². The molecule has 1 aliphatic rings. The molecule has 0 aliphatic heterocycles. The lowest BCUT2D eigenvalue weighted by Gasteiger charge is -1.97. The Kier molecular flexibility index (Phi) is 2.17. The number of amides is 1. The molecular weight excluding hydrogens is 166 g/mol. The highest BCUT2D eigenvalue weighted by Gasteiger charge is 2.33. The van der Waals surface area contributed by atoms with Crippen molar-refractivity contribution < 1.29 is 13.2 Å². The highest BCUT2D eigenvalue weighted by Crippen LogP contribution is 2.29. The van der Waals surface area contributed by atoms with Gasteiger partial charge in [-0.3, -0.25) is 4.79 Å². The van der Waals surface area contributed by atoms with Crippen LogP contribution in [0.1, 0.15) is 19.8 Å². The lowest BCUT2D eigenvalue weighted by Crippen LogP contribution is -2.25. The van der Waals surface area contributed by atoms with Crippen LogP contribution in [0.5, 0.6) is 0 Å². The average molecular weight is 176 g/mol. The Labute approximate surface area is 66.0 Å². The second-order valence-electron chi connectivity index (χ2n) is 2.57. The maximum Gasteiger partial charge on any atom is 0.259 e. The quantitative estimate of drug-likeness (QED) is 0.602. The van der Waals surface area contributed by atoms with Gasteiger partial charge >= 0.3 is 0 Å². The molecule has 1 aliphatic carbocycles. The van der Waals surface area contributed by atoms with Crippen LogP contribution >= 0.6 is 0 Å². The maximum atomic E-state index is 10.8. The van der Waals surface area contributed by atoms with Crippen molar-refractivity contribution >= 4 is 15.9 Å². The normalized spacial score (nSPS) is 17.9. The number of carbonyl (C=O) groups is 1. The van der Waals surface area contributed by atoms with Crippen molar-refractivity contribution in [2.45, 2.75) is 19.8 Å². The summed E-state index contributed by atoms with van der Waals surface area (Å²) in [5, 5.41) is 0. The molecule has 1 fully saturated rings. The van der Waals surface area contributed by atoms with Crippen LogP contribution in [0.25, 0.3) is 0 Å². The number of rotatable bonds is 3. The van der Waals surface area contributed by atoms with Crippen LogP contribution < -0.4 is 4.72 Å².